The Hall–Kier alpha value is -1.46. The smallest absolute Gasteiger partial charge is 0.126 e. The van der Waals surface area contributed by atoms with Crippen LogP contribution in [0.3, 0.4) is 0 Å². The molecule has 0 aromatic heterocycles. The first-order valence-corrected chi connectivity index (χ1v) is 5.43. The second-order valence-electron chi connectivity index (χ2n) is 3.97. The summed E-state index contributed by atoms with van der Waals surface area (Å²) in [4.78, 5) is 0. The van der Waals surface area contributed by atoms with Gasteiger partial charge in [-0.05, 0) is 36.1 Å². The first-order chi connectivity index (χ1) is 8.20. The Bertz CT molecular complexity index is 414. The predicted molar refractivity (Wildman–Crippen MR) is 59.7 cm³/mol. The molecule has 0 fully saturated rings. The number of hydrogen-bond acceptors (Lipinski definition) is 3. The molecular formula is C12H14F2N2O. The van der Waals surface area contributed by atoms with Gasteiger partial charge in [0.05, 0.1) is 18.9 Å². The first kappa shape index (κ1) is 12.0. The highest BCUT2D eigenvalue weighted by molar-refractivity contribution is 5.29. The molecule has 0 amide bonds. The Morgan fingerprint density at radius 3 is 2.47 bits per heavy atom. The Labute approximate surface area is 98.2 Å². The van der Waals surface area contributed by atoms with Gasteiger partial charge >= 0.3 is 0 Å². The molecule has 0 saturated heterocycles. The van der Waals surface area contributed by atoms with E-state index < -0.39 is 17.7 Å². The van der Waals surface area contributed by atoms with E-state index in [0.29, 0.717) is 12.2 Å². The van der Waals surface area contributed by atoms with Crippen LogP contribution >= 0.6 is 0 Å². The maximum absolute atomic E-state index is 13.1. The molecule has 0 bridgehead atoms. The van der Waals surface area contributed by atoms with Crippen molar-refractivity contribution in [3.8, 4) is 0 Å². The summed E-state index contributed by atoms with van der Waals surface area (Å²) in [5, 5.41) is 0. The van der Waals surface area contributed by atoms with E-state index in [4.69, 9.17) is 10.6 Å². The van der Waals surface area contributed by atoms with Crippen molar-refractivity contribution >= 4 is 0 Å². The molecule has 3 nitrogen and oxygen atoms in total. The molecule has 1 atom stereocenters. The van der Waals surface area contributed by atoms with E-state index in [-0.39, 0.29) is 0 Å². The molecule has 1 aromatic rings. The van der Waals surface area contributed by atoms with Gasteiger partial charge in [-0.25, -0.2) is 14.2 Å². The van der Waals surface area contributed by atoms with Crippen molar-refractivity contribution in [3.05, 3.63) is 47.2 Å². The molecule has 5 heteroatoms. The Morgan fingerprint density at radius 2 is 1.94 bits per heavy atom. The molecule has 0 aliphatic carbocycles. The average Bonchev–Trinajstić information content (AvgIpc) is 2.30. The van der Waals surface area contributed by atoms with Crippen molar-refractivity contribution in [2.75, 3.05) is 6.61 Å². The van der Waals surface area contributed by atoms with Gasteiger partial charge in [-0.1, -0.05) is 0 Å². The molecule has 0 spiro atoms. The van der Waals surface area contributed by atoms with Crippen LogP contribution in [0.2, 0.25) is 0 Å². The zero-order valence-electron chi connectivity index (χ0n) is 9.25. The number of nitrogens with one attached hydrogen (secondary N) is 1. The third-order valence-electron chi connectivity index (χ3n) is 2.72. The number of hydrazine groups is 1. The molecule has 1 heterocycles. The van der Waals surface area contributed by atoms with Crippen LogP contribution in [-0.4, -0.2) is 6.61 Å². The lowest BCUT2D eigenvalue weighted by Crippen LogP contribution is -2.30. The highest BCUT2D eigenvalue weighted by Gasteiger charge is 2.19. The van der Waals surface area contributed by atoms with Crippen LogP contribution in [-0.2, 0) is 4.74 Å². The third kappa shape index (κ3) is 2.81. The number of nitrogens with two attached hydrogens (primary N) is 1. The lowest BCUT2D eigenvalue weighted by atomic mass is 9.96. The van der Waals surface area contributed by atoms with Gasteiger partial charge in [0.15, 0.2) is 0 Å². The molecule has 0 radical (unpaired) electrons. The molecule has 1 aliphatic heterocycles. The summed E-state index contributed by atoms with van der Waals surface area (Å²) in [6, 6.07) is 2.95. The van der Waals surface area contributed by atoms with Crippen molar-refractivity contribution in [1.29, 1.82) is 0 Å². The molecule has 1 aliphatic rings. The summed E-state index contributed by atoms with van der Waals surface area (Å²) < 4.78 is 31.5. The summed E-state index contributed by atoms with van der Waals surface area (Å²) in [7, 11) is 0. The Morgan fingerprint density at radius 1 is 1.24 bits per heavy atom. The molecule has 92 valence electrons. The number of benzene rings is 1. The largest absolute Gasteiger partial charge is 0.501 e. The molecule has 1 unspecified atom stereocenters. The topological polar surface area (TPSA) is 47.3 Å². The third-order valence-corrected chi connectivity index (χ3v) is 2.72. The van der Waals surface area contributed by atoms with Crippen LogP contribution < -0.4 is 11.3 Å². The molecular weight excluding hydrogens is 226 g/mol. The van der Waals surface area contributed by atoms with Crippen LogP contribution in [0.15, 0.2) is 30.0 Å². The lowest BCUT2D eigenvalue weighted by Gasteiger charge is -2.23. The van der Waals surface area contributed by atoms with Gasteiger partial charge in [0.1, 0.15) is 11.6 Å². The van der Waals surface area contributed by atoms with Crippen LogP contribution in [0.5, 0.6) is 0 Å². The fourth-order valence-electron chi connectivity index (χ4n) is 1.96. The quantitative estimate of drug-likeness (QED) is 0.628. The van der Waals surface area contributed by atoms with E-state index in [0.717, 1.165) is 24.5 Å². The summed E-state index contributed by atoms with van der Waals surface area (Å²) in [5.41, 5.74) is 3.91. The Balaban J connectivity index is 2.31. The van der Waals surface area contributed by atoms with Gasteiger partial charge < -0.3 is 4.74 Å². The minimum absolute atomic E-state index is 0.416. The minimum atomic E-state index is -0.613. The zero-order chi connectivity index (χ0) is 12.3. The summed E-state index contributed by atoms with van der Waals surface area (Å²) in [6.07, 6.45) is 3.28. The second-order valence-corrected chi connectivity index (χ2v) is 3.97. The summed E-state index contributed by atoms with van der Waals surface area (Å²) in [5.74, 6) is 4.22. The fourth-order valence-corrected chi connectivity index (χ4v) is 1.96. The van der Waals surface area contributed by atoms with Crippen LogP contribution in [0.1, 0.15) is 24.4 Å². The van der Waals surface area contributed by atoms with Crippen molar-refractivity contribution in [1.82, 2.24) is 5.43 Å². The monoisotopic (exact) mass is 240 g/mol. The zero-order valence-corrected chi connectivity index (χ0v) is 9.25. The predicted octanol–water partition coefficient (Wildman–Crippen LogP) is 2.16. The molecule has 1 aromatic carbocycles. The van der Waals surface area contributed by atoms with Gasteiger partial charge in [0.25, 0.3) is 0 Å². The molecule has 0 saturated carbocycles. The van der Waals surface area contributed by atoms with Gasteiger partial charge in [0, 0.05) is 6.07 Å². The Kier molecular flexibility index (Phi) is 3.71. The van der Waals surface area contributed by atoms with E-state index in [2.05, 4.69) is 5.43 Å². The van der Waals surface area contributed by atoms with Gasteiger partial charge in [-0.2, -0.15) is 0 Å². The van der Waals surface area contributed by atoms with E-state index in [1.807, 2.05) is 0 Å². The summed E-state index contributed by atoms with van der Waals surface area (Å²) >= 11 is 0. The van der Waals surface area contributed by atoms with Crippen molar-refractivity contribution in [3.63, 3.8) is 0 Å². The standard InChI is InChI=1S/C12H14F2N2O/c13-10-4-9(5-11(14)6-10)12(16-15)8-2-1-3-17-7-8/h4-7,12,16H,1-3,15H2. The maximum atomic E-state index is 13.1. The SMILES string of the molecule is NNC(C1=COCCC1)c1cc(F)cc(F)c1. The van der Waals surface area contributed by atoms with Crippen molar-refractivity contribution < 1.29 is 13.5 Å². The minimum Gasteiger partial charge on any atom is -0.501 e. The number of halogens is 2. The van der Waals surface area contributed by atoms with Crippen LogP contribution in [0.4, 0.5) is 8.78 Å². The van der Waals surface area contributed by atoms with Crippen LogP contribution in [0.25, 0.3) is 0 Å². The lowest BCUT2D eigenvalue weighted by molar-refractivity contribution is 0.219. The maximum Gasteiger partial charge on any atom is 0.126 e. The van der Waals surface area contributed by atoms with Gasteiger partial charge in [-0.15, -0.1) is 0 Å². The second kappa shape index (κ2) is 5.25. The van der Waals surface area contributed by atoms with Gasteiger partial charge in [0.2, 0.25) is 0 Å². The van der Waals surface area contributed by atoms with E-state index in [1.54, 1.807) is 6.26 Å². The number of rotatable bonds is 3. The van der Waals surface area contributed by atoms with E-state index >= 15 is 0 Å². The normalized spacial score (nSPS) is 17.2. The number of hydrogen-bond donors (Lipinski definition) is 2. The highest BCUT2D eigenvalue weighted by atomic mass is 19.1. The summed E-state index contributed by atoms with van der Waals surface area (Å²) in [6.45, 7) is 0.665. The molecule has 3 N–H and O–H groups in total. The van der Waals surface area contributed by atoms with E-state index in [9.17, 15) is 8.78 Å². The molecule has 17 heavy (non-hydrogen) atoms. The average molecular weight is 240 g/mol. The fraction of sp³-hybridized carbons (Fsp3) is 0.333. The van der Waals surface area contributed by atoms with Crippen molar-refractivity contribution in [2.24, 2.45) is 5.84 Å². The molecule has 2 rings (SSSR count). The number of ether oxygens (including phenoxy) is 1. The first-order valence-electron chi connectivity index (χ1n) is 5.43. The van der Waals surface area contributed by atoms with E-state index in [1.165, 1.54) is 12.1 Å². The van der Waals surface area contributed by atoms with Crippen molar-refractivity contribution in [2.45, 2.75) is 18.9 Å². The highest BCUT2D eigenvalue weighted by Crippen LogP contribution is 2.27. The van der Waals surface area contributed by atoms with Gasteiger partial charge in [-0.3, -0.25) is 5.84 Å². The van der Waals surface area contributed by atoms with Crippen LogP contribution in [0, 0.1) is 11.6 Å².